The third-order valence-corrected chi connectivity index (χ3v) is 7.65. The molecule has 33 heavy (non-hydrogen) atoms. The first-order valence-corrected chi connectivity index (χ1v) is 13.3. The van der Waals surface area contributed by atoms with Gasteiger partial charge in [0, 0.05) is 28.2 Å². The minimum atomic E-state index is -3.57. The SMILES string of the molecule is CCCCCc1ccc(S(=O)(=O)NCCc2c(-c3ccc(Cl)cc3)[nH]c3ccccc23)cc1. The lowest BCUT2D eigenvalue weighted by Gasteiger charge is -2.09. The summed E-state index contributed by atoms with van der Waals surface area (Å²) < 4.78 is 28.5. The highest BCUT2D eigenvalue weighted by Gasteiger charge is 2.16. The highest BCUT2D eigenvalue weighted by atomic mass is 35.5. The molecule has 0 aliphatic rings. The van der Waals surface area contributed by atoms with Gasteiger partial charge >= 0.3 is 0 Å². The van der Waals surface area contributed by atoms with Gasteiger partial charge in [-0.1, -0.05) is 73.8 Å². The van der Waals surface area contributed by atoms with E-state index < -0.39 is 10.0 Å². The second kappa shape index (κ2) is 10.6. The minimum Gasteiger partial charge on any atom is -0.354 e. The average Bonchev–Trinajstić information content (AvgIpc) is 3.19. The number of sulfonamides is 1. The van der Waals surface area contributed by atoms with Gasteiger partial charge in [0.05, 0.1) is 4.90 Å². The zero-order chi connectivity index (χ0) is 23.3. The van der Waals surface area contributed by atoms with Crippen molar-refractivity contribution in [3.63, 3.8) is 0 Å². The van der Waals surface area contributed by atoms with Crippen molar-refractivity contribution in [3.05, 3.63) is 88.9 Å². The van der Waals surface area contributed by atoms with Crippen LogP contribution in [0.3, 0.4) is 0 Å². The van der Waals surface area contributed by atoms with E-state index in [0.29, 0.717) is 22.9 Å². The number of para-hydroxylation sites is 1. The van der Waals surface area contributed by atoms with Crippen LogP contribution in [0, 0.1) is 0 Å². The Morgan fingerprint density at radius 3 is 2.33 bits per heavy atom. The molecule has 0 saturated heterocycles. The van der Waals surface area contributed by atoms with E-state index in [1.165, 1.54) is 18.4 Å². The van der Waals surface area contributed by atoms with Crippen LogP contribution in [0.2, 0.25) is 5.02 Å². The number of halogens is 1. The first kappa shape index (κ1) is 23.6. The Hall–Kier alpha value is -2.60. The van der Waals surface area contributed by atoms with E-state index in [1.54, 1.807) is 12.1 Å². The van der Waals surface area contributed by atoms with E-state index in [0.717, 1.165) is 40.6 Å². The molecule has 0 spiro atoms. The topological polar surface area (TPSA) is 62.0 Å². The average molecular weight is 481 g/mol. The van der Waals surface area contributed by atoms with Crippen molar-refractivity contribution in [3.8, 4) is 11.3 Å². The lowest BCUT2D eigenvalue weighted by molar-refractivity contribution is 0.581. The maximum atomic E-state index is 12.9. The Morgan fingerprint density at radius 1 is 0.879 bits per heavy atom. The second-order valence-electron chi connectivity index (χ2n) is 8.28. The first-order valence-electron chi connectivity index (χ1n) is 11.4. The number of aryl methyl sites for hydroxylation is 1. The van der Waals surface area contributed by atoms with E-state index in [9.17, 15) is 8.42 Å². The van der Waals surface area contributed by atoms with Gasteiger partial charge in [0.2, 0.25) is 10.0 Å². The molecule has 4 rings (SSSR count). The fraction of sp³-hybridized carbons (Fsp3) is 0.259. The van der Waals surface area contributed by atoms with Crippen LogP contribution in [0.1, 0.15) is 37.3 Å². The van der Waals surface area contributed by atoms with Crippen LogP contribution < -0.4 is 4.72 Å². The van der Waals surface area contributed by atoms with Gasteiger partial charge in [-0.2, -0.15) is 0 Å². The van der Waals surface area contributed by atoms with Crippen LogP contribution in [-0.2, 0) is 22.9 Å². The maximum Gasteiger partial charge on any atom is 0.240 e. The third-order valence-electron chi connectivity index (χ3n) is 5.92. The molecule has 0 fully saturated rings. The molecule has 0 aliphatic heterocycles. The summed E-state index contributed by atoms with van der Waals surface area (Å²) in [7, 11) is -3.57. The van der Waals surface area contributed by atoms with Crippen LogP contribution in [0.25, 0.3) is 22.2 Å². The zero-order valence-electron chi connectivity index (χ0n) is 18.8. The van der Waals surface area contributed by atoms with Crippen LogP contribution >= 0.6 is 11.6 Å². The van der Waals surface area contributed by atoms with E-state index in [2.05, 4.69) is 22.7 Å². The molecule has 0 aliphatic carbocycles. The van der Waals surface area contributed by atoms with E-state index >= 15 is 0 Å². The molecule has 4 aromatic rings. The molecule has 6 heteroatoms. The third kappa shape index (κ3) is 5.67. The van der Waals surface area contributed by atoms with Crippen molar-refractivity contribution in [2.24, 2.45) is 0 Å². The van der Waals surface area contributed by atoms with Gasteiger partial charge in [-0.15, -0.1) is 0 Å². The molecule has 0 radical (unpaired) electrons. The van der Waals surface area contributed by atoms with Gasteiger partial charge in [0.1, 0.15) is 0 Å². The van der Waals surface area contributed by atoms with Crippen molar-refractivity contribution in [2.45, 2.75) is 43.9 Å². The zero-order valence-corrected chi connectivity index (χ0v) is 20.3. The predicted octanol–water partition coefficient (Wildman–Crippen LogP) is 6.74. The molecule has 0 amide bonds. The number of nitrogens with one attached hydrogen (secondary N) is 2. The Kier molecular flexibility index (Phi) is 7.53. The monoisotopic (exact) mass is 480 g/mol. The molecule has 0 atom stereocenters. The molecule has 0 saturated carbocycles. The van der Waals surface area contributed by atoms with Crippen LogP contribution in [0.15, 0.2) is 77.7 Å². The molecule has 2 N–H and O–H groups in total. The second-order valence-corrected chi connectivity index (χ2v) is 10.5. The van der Waals surface area contributed by atoms with Crippen molar-refractivity contribution in [1.82, 2.24) is 9.71 Å². The molecule has 172 valence electrons. The van der Waals surface area contributed by atoms with Crippen molar-refractivity contribution in [1.29, 1.82) is 0 Å². The lowest BCUT2D eigenvalue weighted by Crippen LogP contribution is -2.26. The predicted molar refractivity (Wildman–Crippen MR) is 137 cm³/mol. The fourth-order valence-electron chi connectivity index (χ4n) is 4.13. The molecule has 0 unspecified atom stereocenters. The largest absolute Gasteiger partial charge is 0.354 e. The Balaban J connectivity index is 1.49. The minimum absolute atomic E-state index is 0.304. The van der Waals surface area contributed by atoms with E-state index in [4.69, 9.17) is 11.6 Å². The number of benzene rings is 3. The summed E-state index contributed by atoms with van der Waals surface area (Å²) in [6, 6.07) is 23.0. The van der Waals surface area contributed by atoms with Gasteiger partial charge in [0.25, 0.3) is 0 Å². The number of fused-ring (bicyclic) bond motifs is 1. The number of H-pyrrole nitrogens is 1. The standard InChI is InChI=1S/C27H29ClN2O2S/c1-2-3-4-7-20-10-16-23(17-11-20)33(31,32)29-19-18-25-24-8-5-6-9-26(24)30-27(25)21-12-14-22(28)15-13-21/h5-6,8-17,29-30H,2-4,7,18-19H2,1H3. The number of hydrogen-bond donors (Lipinski definition) is 2. The summed E-state index contributed by atoms with van der Waals surface area (Å²) in [6.45, 7) is 2.49. The number of aromatic nitrogens is 1. The summed E-state index contributed by atoms with van der Waals surface area (Å²) >= 11 is 6.06. The normalized spacial score (nSPS) is 11.8. The van der Waals surface area contributed by atoms with Crippen LogP contribution in [0.5, 0.6) is 0 Å². The van der Waals surface area contributed by atoms with E-state index in [1.807, 2.05) is 54.6 Å². The van der Waals surface area contributed by atoms with E-state index in [-0.39, 0.29) is 0 Å². The molecular formula is C27H29ClN2O2S. The number of aromatic amines is 1. The number of unbranched alkanes of at least 4 members (excludes halogenated alkanes) is 2. The Labute approximate surface area is 201 Å². The van der Waals surface area contributed by atoms with Crippen molar-refractivity contribution in [2.75, 3.05) is 6.54 Å². The molecule has 1 aromatic heterocycles. The number of rotatable bonds is 10. The Morgan fingerprint density at radius 2 is 1.61 bits per heavy atom. The van der Waals surface area contributed by atoms with Gasteiger partial charge in [-0.3, -0.25) is 0 Å². The summed E-state index contributed by atoms with van der Waals surface area (Å²) in [5.74, 6) is 0. The van der Waals surface area contributed by atoms with Crippen LogP contribution in [0.4, 0.5) is 0 Å². The quantitative estimate of drug-likeness (QED) is 0.247. The summed E-state index contributed by atoms with van der Waals surface area (Å²) in [5, 5.41) is 1.78. The van der Waals surface area contributed by atoms with Gasteiger partial charge in [-0.05, 0) is 66.3 Å². The summed E-state index contributed by atoms with van der Waals surface area (Å²) in [6.07, 6.45) is 5.04. The van der Waals surface area contributed by atoms with Crippen molar-refractivity contribution < 1.29 is 8.42 Å². The summed E-state index contributed by atoms with van der Waals surface area (Å²) in [4.78, 5) is 3.79. The van der Waals surface area contributed by atoms with Gasteiger partial charge in [-0.25, -0.2) is 13.1 Å². The highest BCUT2D eigenvalue weighted by molar-refractivity contribution is 7.89. The summed E-state index contributed by atoms with van der Waals surface area (Å²) in [5.41, 5.74) is 5.30. The highest BCUT2D eigenvalue weighted by Crippen LogP contribution is 2.31. The van der Waals surface area contributed by atoms with Crippen molar-refractivity contribution >= 4 is 32.5 Å². The van der Waals surface area contributed by atoms with Gasteiger partial charge < -0.3 is 4.98 Å². The van der Waals surface area contributed by atoms with Gasteiger partial charge in [0.15, 0.2) is 0 Å². The molecule has 3 aromatic carbocycles. The molecule has 1 heterocycles. The molecular weight excluding hydrogens is 452 g/mol. The lowest BCUT2D eigenvalue weighted by atomic mass is 10.0. The smallest absolute Gasteiger partial charge is 0.240 e. The first-order chi connectivity index (χ1) is 16.0. The molecule has 0 bridgehead atoms. The van der Waals surface area contributed by atoms with Crippen LogP contribution in [-0.4, -0.2) is 19.9 Å². The maximum absolute atomic E-state index is 12.9. The molecule has 4 nitrogen and oxygen atoms in total. The fourth-order valence-corrected chi connectivity index (χ4v) is 5.29. The Bertz CT molecular complexity index is 1310. The number of hydrogen-bond acceptors (Lipinski definition) is 2.